The van der Waals surface area contributed by atoms with Crippen molar-refractivity contribution < 1.29 is 9.53 Å². The highest BCUT2D eigenvalue weighted by molar-refractivity contribution is 5.96. The van der Waals surface area contributed by atoms with Gasteiger partial charge >= 0.3 is 0 Å². The topological polar surface area (TPSA) is 47.4 Å². The maximum absolute atomic E-state index is 12.8. The molecule has 2 aromatic carbocycles. The normalized spacial score (nSPS) is 17.8. The van der Waals surface area contributed by atoms with Crippen LogP contribution < -0.4 is 9.64 Å². The average Bonchev–Trinajstić information content (AvgIpc) is 3.29. The highest BCUT2D eigenvalue weighted by Crippen LogP contribution is 2.34. The van der Waals surface area contributed by atoms with Crippen LogP contribution in [0.25, 0.3) is 11.0 Å². The second kappa shape index (κ2) is 8.27. The van der Waals surface area contributed by atoms with E-state index in [1.165, 1.54) is 0 Å². The highest BCUT2D eigenvalue weighted by atomic mass is 16.5. The first-order valence-corrected chi connectivity index (χ1v) is 10.6. The number of hydrogen-bond acceptors (Lipinski definition) is 3. The van der Waals surface area contributed by atoms with Gasteiger partial charge in [0.25, 0.3) is 0 Å². The van der Waals surface area contributed by atoms with E-state index in [-0.39, 0.29) is 11.8 Å². The molecule has 1 aromatic heterocycles. The van der Waals surface area contributed by atoms with Crippen LogP contribution in [0.4, 0.5) is 5.69 Å². The largest absolute Gasteiger partial charge is 0.494 e. The molecule has 2 heterocycles. The van der Waals surface area contributed by atoms with E-state index < -0.39 is 0 Å². The number of imidazole rings is 1. The third kappa shape index (κ3) is 3.86. The molecule has 29 heavy (non-hydrogen) atoms. The number of aromatic nitrogens is 2. The van der Waals surface area contributed by atoms with E-state index in [0.717, 1.165) is 41.3 Å². The van der Waals surface area contributed by atoms with Gasteiger partial charge in [-0.2, -0.15) is 0 Å². The van der Waals surface area contributed by atoms with Gasteiger partial charge in [0, 0.05) is 31.1 Å². The van der Waals surface area contributed by atoms with Gasteiger partial charge in [-0.3, -0.25) is 4.79 Å². The predicted octanol–water partition coefficient (Wildman–Crippen LogP) is 5.00. The maximum Gasteiger partial charge on any atom is 0.227 e. The Morgan fingerprint density at radius 1 is 1.14 bits per heavy atom. The number of nitrogens with zero attached hydrogens (tertiary/aromatic N) is 3. The van der Waals surface area contributed by atoms with Crippen LogP contribution >= 0.6 is 0 Å². The average molecular weight is 392 g/mol. The fourth-order valence-corrected chi connectivity index (χ4v) is 4.06. The molecule has 0 spiro atoms. The molecule has 1 aliphatic heterocycles. The van der Waals surface area contributed by atoms with Gasteiger partial charge in [0.15, 0.2) is 0 Å². The lowest BCUT2D eigenvalue weighted by molar-refractivity contribution is -0.117. The van der Waals surface area contributed by atoms with Gasteiger partial charge in [-0.05, 0) is 49.2 Å². The minimum Gasteiger partial charge on any atom is -0.494 e. The van der Waals surface area contributed by atoms with Gasteiger partial charge in [0.05, 0.1) is 17.6 Å². The molecule has 0 aliphatic carbocycles. The molecule has 1 fully saturated rings. The maximum atomic E-state index is 12.8. The van der Waals surface area contributed by atoms with Crippen molar-refractivity contribution in [1.29, 1.82) is 0 Å². The fourth-order valence-electron chi connectivity index (χ4n) is 4.06. The lowest BCUT2D eigenvalue weighted by Gasteiger charge is -2.19. The van der Waals surface area contributed by atoms with Crippen LogP contribution in [0.5, 0.6) is 5.75 Å². The zero-order valence-corrected chi connectivity index (χ0v) is 17.5. The smallest absolute Gasteiger partial charge is 0.227 e. The third-order valence-corrected chi connectivity index (χ3v) is 5.82. The molecule has 1 saturated heterocycles. The highest BCUT2D eigenvalue weighted by Gasteiger charge is 2.35. The number of rotatable bonds is 7. The molecule has 2 atom stereocenters. The van der Waals surface area contributed by atoms with Crippen LogP contribution in [0, 0.1) is 5.92 Å². The van der Waals surface area contributed by atoms with Crippen molar-refractivity contribution >= 4 is 22.6 Å². The molecule has 152 valence electrons. The number of fused-ring (bicyclic) bond motifs is 1. The van der Waals surface area contributed by atoms with E-state index >= 15 is 0 Å². The Hall–Kier alpha value is -2.82. The number of hydrogen-bond donors (Lipinski definition) is 0. The first kappa shape index (κ1) is 19.5. The molecule has 0 bridgehead atoms. The molecule has 0 unspecified atom stereocenters. The molecule has 5 heteroatoms. The van der Waals surface area contributed by atoms with Crippen LogP contribution in [0.15, 0.2) is 48.5 Å². The fraction of sp³-hybridized carbons (Fsp3) is 0.417. The van der Waals surface area contributed by atoms with Crippen molar-refractivity contribution in [3.05, 3.63) is 54.4 Å². The molecule has 1 aliphatic rings. The summed E-state index contributed by atoms with van der Waals surface area (Å²) >= 11 is 0. The SMILES string of the molecule is CCOc1ccc(N2C[C@H](c3nc4ccccc4n3C[C@@H](C)CC)CC2=O)cc1. The van der Waals surface area contributed by atoms with E-state index in [4.69, 9.17) is 9.72 Å². The number of amides is 1. The minimum absolute atomic E-state index is 0.102. The first-order chi connectivity index (χ1) is 14.1. The van der Waals surface area contributed by atoms with E-state index in [2.05, 4.69) is 36.6 Å². The Balaban J connectivity index is 1.63. The van der Waals surface area contributed by atoms with Gasteiger partial charge in [-0.1, -0.05) is 32.4 Å². The van der Waals surface area contributed by atoms with Gasteiger partial charge in [0.1, 0.15) is 11.6 Å². The van der Waals surface area contributed by atoms with Crippen LogP contribution in [0.2, 0.25) is 0 Å². The molecule has 3 aromatic rings. The molecule has 0 N–H and O–H groups in total. The Labute approximate surface area is 172 Å². The Bertz CT molecular complexity index is 993. The van der Waals surface area contributed by atoms with Crippen molar-refractivity contribution in [3.63, 3.8) is 0 Å². The lowest BCUT2D eigenvalue weighted by atomic mass is 10.1. The van der Waals surface area contributed by atoms with Crippen molar-refractivity contribution in [2.75, 3.05) is 18.1 Å². The lowest BCUT2D eigenvalue weighted by Crippen LogP contribution is -2.24. The summed E-state index contributed by atoms with van der Waals surface area (Å²) in [5.74, 6) is 2.68. The first-order valence-electron chi connectivity index (χ1n) is 10.6. The number of carbonyl (C=O) groups is 1. The number of para-hydroxylation sites is 2. The number of benzene rings is 2. The quantitative estimate of drug-likeness (QED) is 0.569. The Kier molecular flexibility index (Phi) is 5.56. The zero-order chi connectivity index (χ0) is 20.4. The van der Waals surface area contributed by atoms with Gasteiger partial charge in [-0.25, -0.2) is 4.98 Å². The summed E-state index contributed by atoms with van der Waals surface area (Å²) in [7, 11) is 0. The van der Waals surface area contributed by atoms with Crippen LogP contribution in [-0.4, -0.2) is 28.6 Å². The molecular formula is C24H29N3O2. The molecule has 5 nitrogen and oxygen atoms in total. The summed E-state index contributed by atoms with van der Waals surface area (Å²) in [4.78, 5) is 19.7. The summed E-state index contributed by atoms with van der Waals surface area (Å²) in [5.41, 5.74) is 3.10. The summed E-state index contributed by atoms with van der Waals surface area (Å²) in [6.07, 6.45) is 1.62. The molecule has 4 rings (SSSR count). The van der Waals surface area contributed by atoms with Crippen LogP contribution in [0.1, 0.15) is 45.4 Å². The van der Waals surface area contributed by atoms with E-state index in [1.807, 2.05) is 42.2 Å². The van der Waals surface area contributed by atoms with Crippen LogP contribution in [-0.2, 0) is 11.3 Å². The number of carbonyl (C=O) groups excluding carboxylic acids is 1. The second-order valence-electron chi connectivity index (χ2n) is 7.92. The molecule has 0 saturated carbocycles. The third-order valence-electron chi connectivity index (χ3n) is 5.82. The minimum atomic E-state index is 0.102. The van der Waals surface area contributed by atoms with Gasteiger partial charge < -0.3 is 14.2 Å². The van der Waals surface area contributed by atoms with Crippen LogP contribution in [0.3, 0.4) is 0 Å². The van der Waals surface area contributed by atoms with E-state index in [9.17, 15) is 4.79 Å². The Morgan fingerprint density at radius 2 is 1.90 bits per heavy atom. The van der Waals surface area contributed by atoms with E-state index in [0.29, 0.717) is 25.5 Å². The summed E-state index contributed by atoms with van der Waals surface area (Å²) < 4.78 is 7.86. The van der Waals surface area contributed by atoms with Crippen molar-refractivity contribution in [2.24, 2.45) is 5.92 Å². The summed E-state index contributed by atoms with van der Waals surface area (Å²) in [6.45, 7) is 8.68. The van der Waals surface area contributed by atoms with Crippen molar-refractivity contribution in [1.82, 2.24) is 9.55 Å². The Morgan fingerprint density at radius 3 is 2.62 bits per heavy atom. The second-order valence-corrected chi connectivity index (χ2v) is 7.92. The standard InChI is InChI=1S/C24H29N3O2/c1-4-17(3)15-27-22-9-7-6-8-21(22)25-24(27)18-14-23(28)26(16-18)19-10-12-20(13-11-19)29-5-2/h6-13,17-18H,4-5,14-16H2,1-3H3/t17-,18+/m0/s1. The van der Waals surface area contributed by atoms with Gasteiger partial charge in [0.2, 0.25) is 5.91 Å². The zero-order valence-electron chi connectivity index (χ0n) is 17.5. The summed E-state index contributed by atoms with van der Waals surface area (Å²) in [5, 5.41) is 0. The van der Waals surface area contributed by atoms with Crippen molar-refractivity contribution in [2.45, 2.75) is 46.1 Å². The van der Waals surface area contributed by atoms with Gasteiger partial charge in [-0.15, -0.1) is 0 Å². The molecular weight excluding hydrogens is 362 g/mol. The molecule has 1 amide bonds. The van der Waals surface area contributed by atoms with Crippen molar-refractivity contribution in [3.8, 4) is 5.75 Å². The number of anilines is 1. The van der Waals surface area contributed by atoms with E-state index in [1.54, 1.807) is 0 Å². The molecule has 0 radical (unpaired) electrons. The number of ether oxygens (including phenoxy) is 1. The predicted molar refractivity (Wildman–Crippen MR) is 117 cm³/mol. The summed E-state index contributed by atoms with van der Waals surface area (Å²) in [6, 6.07) is 16.1. The monoisotopic (exact) mass is 391 g/mol.